The van der Waals surface area contributed by atoms with E-state index in [9.17, 15) is 14.4 Å². The zero-order valence-electron chi connectivity index (χ0n) is 20.1. The molecular weight excluding hydrogens is 434 g/mol. The number of aromatic nitrogens is 2. The summed E-state index contributed by atoms with van der Waals surface area (Å²) in [5.41, 5.74) is 4.62. The minimum atomic E-state index is -0.526. The fourth-order valence-electron chi connectivity index (χ4n) is 4.61. The van der Waals surface area contributed by atoms with E-state index in [0.717, 1.165) is 48.2 Å². The summed E-state index contributed by atoms with van der Waals surface area (Å²) in [5.74, 6) is -0.526. The molecule has 1 saturated heterocycles. The lowest BCUT2D eigenvalue weighted by Crippen LogP contribution is -2.24. The molecular formula is C25H31N5O4. The van der Waals surface area contributed by atoms with Gasteiger partial charge in [0.1, 0.15) is 0 Å². The summed E-state index contributed by atoms with van der Waals surface area (Å²) >= 11 is 0. The van der Waals surface area contributed by atoms with E-state index in [4.69, 9.17) is 4.74 Å². The van der Waals surface area contributed by atoms with Crippen LogP contribution in [0.2, 0.25) is 0 Å². The molecule has 1 aromatic heterocycles. The second-order valence-electron chi connectivity index (χ2n) is 8.44. The molecule has 0 bridgehead atoms. The van der Waals surface area contributed by atoms with E-state index in [1.54, 1.807) is 27.3 Å². The molecule has 2 heterocycles. The molecule has 0 saturated carbocycles. The van der Waals surface area contributed by atoms with Crippen LogP contribution in [0.15, 0.2) is 35.1 Å². The molecule has 3 aromatic rings. The molecule has 1 fully saturated rings. The molecule has 34 heavy (non-hydrogen) atoms. The van der Waals surface area contributed by atoms with E-state index in [-0.39, 0.29) is 11.3 Å². The van der Waals surface area contributed by atoms with Gasteiger partial charge in [0.15, 0.2) is 0 Å². The first-order valence-corrected chi connectivity index (χ1v) is 11.7. The van der Waals surface area contributed by atoms with Crippen LogP contribution in [0, 0.1) is 6.92 Å². The van der Waals surface area contributed by atoms with E-state index in [2.05, 4.69) is 15.5 Å². The van der Waals surface area contributed by atoms with E-state index in [0.29, 0.717) is 24.5 Å². The summed E-state index contributed by atoms with van der Waals surface area (Å²) in [6.07, 6.45) is 2.15. The Hall–Kier alpha value is -3.75. The van der Waals surface area contributed by atoms with Crippen molar-refractivity contribution in [3.63, 3.8) is 0 Å². The number of carbonyl (C=O) groups excluding carboxylic acids is 2. The molecule has 2 N–H and O–H groups in total. The van der Waals surface area contributed by atoms with Gasteiger partial charge >= 0.3 is 17.7 Å². The number of methoxy groups -OCH3 is 1. The van der Waals surface area contributed by atoms with Gasteiger partial charge in [0.25, 0.3) is 0 Å². The largest absolute Gasteiger partial charge is 0.465 e. The Morgan fingerprint density at radius 1 is 0.941 bits per heavy atom. The highest BCUT2D eigenvalue weighted by atomic mass is 16.5. The molecule has 1 aliphatic heterocycles. The lowest BCUT2D eigenvalue weighted by Gasteiger charge is -2.22. The van der Waals surface area contributed by atoms with Crippen LogP contribution in [-0.4, -0.2) is 41.3 Å². The number of rotatable bonds is 6. The molecule has 4 rings (SSSR count). The predicted octanol–water partition coefficient (Wildman–Crippen LogP) is 4.18. The maximum atomic E-state index is 13.1. The van der Waals surface area contributed by atoms with Crippen LogP contribution in [0.1, 0.15) is 42.6 Å². The Morgan fingerprint density at radius 2 is 1.56 bits per heavy atom. The number of fused-ring (bicyclic) bond motifs is 1. The minimum Gasteiger partial charge on any atom is -0.465 e. The molecule has 0 radical (unpaired) electrons. The van der Waals surface area contributed by atoms with E-state index < -0.39 is 12.0 Å². The summed E-state index contributed by atoms with van der Waals surface area (Å²) in [7, 11) is 1.30. The smallest absolute Gasteiger partial charge is 0.339 e. The number of amides is 2. The number of nitrogens with one attached hydrogen (secondary N) is 2. The summed E-state index contributed by atoms with van der Waals surface area (Å²) < 4.78 is 8.32. The first-order valence-electron chi connectivity index (χ1n) is 11.7. The molecule has 0 spiro atoms. The van der Waals surface area contributed by atoms with Crippen LogP contribution in [0.3, 0.4) is 0 Å². The molecule has 0 aliphatic carbocycles. The van der Waals surface area contributed by atoms with Crippen molar-refractivity contribution in [2.75, 3.05) is 35.7 Å². The highest BCUT2D eigenvalue weighted by molar-refractivity contribution is 6.07. The van der Waals surface area contributed by atoms with Crippen LogP contribution in [0.5, 0.6) is 0 Å². The first-order chi connectivity index (χ1) is 16.4. The topological polar surface area (TPSA) is 97.6 Å². The Labute approximate surface area is 198 Å². The Balaban J connectivity index is 1.74. The van der Waals surface area contributed by atoms with Crippen molar-refractivity contribution < 1.29 is 14.3 Å². The van der Waals surface area contributed by atoms with Crippen molar-refractivity contribution in [2.24, 2.45) is 0 Å². The van der Waals surface area contributed by atoms with Crippen LogP contribution < -0.4 is 21.2 Å². The predicted molar refractivity (Wildman–Crippen MR) is 134 cm³/mol. The lowest BCUT2D eigenvalue weighted by molar-refractivity contribution is 0.0602. The van der Waals surface area contributed by atoms with Gasteiger partial charge in [-0.15, -0.1) is 0 Å². The number of aryl methyl sites for hydroxylation is 3. The Bertz CT molecular complexity index is 1300. The van der Waals surface area contributed by atoms with Gasteiger partial charge in [-0.1, -0.05) is 6.07 Å². The maximum Gasteiger partial charge on any atom is 0.339 e. The molecule has 0 unspecified atom stereocenters. The molecule has 9 nitrogen and oxygen atoms in total. The van der Waals surface area contributed by atoms with Gasteiger partial charge < -0.3 is 20.3 Å². The van der Waals surface area contributed by atoms with Crippen LogP contribution in [-0.2, 0) is 17.8 Å². The third-order valence-corrected chi connectivity index (χ3v) is 6.29. The van der Waals surface area contributed by atoms with Gasteiger partial charge in [0.05, 0.1) is 40.8 Å². The summed E-state index contributed by atoms with van der Waals surface area (Å²) in [6, 6.07) is 8.54. The number of nitrogens with zero attached hydrogens (tertiary/aromatic N) is 3. The lowest BCUT2D eigenvalue weighted by atomic mass is 10.1. The van der Waals surface area contributed by atoms with Crippen molar-refractivity contribution in [1.82, 2.24) is 9.13 Å². The van der Waals surface area contributed by atoms with Gasteiger partial charge in [-0.3, -0.25) is 9.13 Å². The number of imidazole rings is 1. The SMILES string of the molecule is CCn1c(=O)n(CC)c2cc(N3CCCC3)c(NC(=O)Nc3cc(C)ccc3C(=O)OC)cc21. The zero-order chi connectivity index (χ0) is 24.4. The van der Waals surface area contributed by atoms with Gasteiger partial charge in [0, 0.05) is 26.2 Å². The van der Waals surface area contributed by atoms with Gasteiger partial charge in [-0.25, -0.2) is 14.4 Å². The van der Waals surface area contributed by atoms with Crippen molar-refractivity contribution in [1.29, 1.82) is 0 Å². The number of benzene rings is 2. The fraction of sp³-hybridized carbons (Fsp3) is 0.400. The summed E-state index contributed by atoms with van der Waals surface area (Å²) in [6.45, 7) is 8.64. The van der Waals surface area contributed by atoms with Crippen molar-refractivity contribution in [3.8, 4) is 0 Å². The number of anilines is 3. The number of carbonyl (C=O) groups is 2. The highest BCUT2D eigenvalue weighted by Crippen LogP contribution is 2.34. The average molecular weight is 466 g/mol. The van der Waals surface area contributed by atoms with Crippen molar-refractivity contribution in [2.45, 2.75) is 46.7 Å². The average Bonchev–Trinajstić information content (AvgIpc) is 3.43. The third kappa shape index (κ3) is 4.25. The van der Waals surface area contributed by atoms with E-state index in [1.807, 2.05) is 32.9 Å². The molecule has 180 valence electrons. The molecule has 2 aromatic carbocycles. The number of hydrogen-bond donors (Lipinski definition) is 2. The maximum absolute atomic E-state index is 13.1. The van der Waals surface area contributed by atoms with Gasteiger partial charge in [-0.05, 0) is 63.4 Å². The number of esters is 1. The summed E-state index contributed by atoms with van der Waals surface area (Å²) in [4.78, 5) is 40.4. The fourth-order valence-corrected chi connectivity index (χ4v) is 4.61. The number of urea groups is 1. The second-order valence-corrected chi connectivity index (χ2v) is 8.44. The Kier molecular flexibility index (Phi) is 6.63. The quantitative estimate of drug-likeness (QED) is 0.532. The minimum absolute atomic E-state index is 0.0588. The van der Waals surface area contributed by atoms with E-state index in [1.165, 1.54) is 7.11 Å². The number of hydrogen-bond acceptors (Lipinski definition) is 5. The molecule has 2 amide bonds. The van der Waals surface area contributed by atoms with Crippen molar-refractivity contribution in [3.05, 3.63) is 51.9 Å². The normalized spacial score (nSPS) is 13.4. The van der Waals surface area contributed by atoms with Crippen LogP contribution >= 0.6 is 0 Å². The molecule has 0 atom stereocenters. The van der Waals surface area contributed by atoms with E-state index >= 15 is 0 Å². The van der Waals surface area contributed by atoms with Gasteiger partial charge in [0.2, 0.25) is 0 Å². The molecule has 1 aliphatic rings. The van der Waals surface area contributed by atoms with Crippen LogP contribution in [0.4, 0.5) is 21.9 Å². The zero-order valence-corrected chi connectivity index (χ0v) is 20.1. The van der Waals surface area contributed by atoms with Gasteiger partial charge in [-0.2, -0.15) is 0 Å². The summed E-state index contributed by atoms with van der Waals surface area (Å²) in [5, 5.41) is 5.76. The Morgan fingerprint density at radius 3 is 2.18 bits per heavy atom. The monoisotopic (exact) mass is 465 g/mol. The highest BCUT2D eigenvalue weighted by Gasteiger charge is 2.22. The van der Waals surface area contributed by atoms with Crippen LogP contribution in [0.25, 0.3) is 11.0 Å². The molecule has 9 heteroatoms. The third-order valence-electron chi connectivity index (χ3n) is 6.29. The van der Waals surface area contributed by atoms with Crippen molar-refractivity contribution >= 4 is 40.1 Å². The number of ether oxygens (including phenoxy) is 1. The first kappa shape index (κ1) is 23.4. The second kappa shape index (κ2) is 9.62. The standard InChI is InChI=1S/C25H31N5O4/c1-5-29-21-14-19(20(28-11-7-8-12-28)15-22(21)30(6-2)25(29)33)27-24(32)26-18-13-16(3)9-10-17(18)23(31)34-4/h9-10,13-15H,5-8,11-12H2,1-4H3,(H2,26,27,32).